The molecule has 0 aliphatic heterocycles. The highest BCUT2D eigenvalue weighted by atomic mass is 32.1. The van der Waals surface area contributed by atoms with Crippen LogP contribution in [-0.4, -0.2) is 26.9 Å². The van der Waals surface area contributed by atoms with Crippen molar-refractivity contribution in [1.82, 2.24) is 14.7 Å². The second-order valence-corrected chi connectivity index (χ2v) is 6.67. The van der Waals surface area contributed by atoms with Crippen LogP contribution in [0.5, 0.6) is 0 Å². The van der Waals surface area contributed by atoms with Crippen molar-refractivity contribution in [3.63, 3.8) is 0 Å². The zero-order valence-electron chi connectivity index (χ0n) is 13.7. The first-order chi connectivity index (χ1) is 11.7. The van der Waals surface area contributed by atoms with E-state index in [2.05, 4.69) is 20.1 Å². The van der Waals surface area contributed by atoms with Gasteiger partial charge in [0.2, 0.25) is 5.91 Å². The van der Waals surface area contributed by atoms with Crippen LogP contribution in [0.15, 0.2) is 35.8 Å². The second-order valence-electron chi connectivity index (χ2n) is 5.84. The Bertz CT molecular complexity index is 821. The Morgan fingerprint density at radius 3 is 2.75 bits per heavy atom. The van der Waals surface area contributed by atoms with Crippen LogP contribution in [0.25, 0.3) is 4.96 Å². The van der Waals surface area contributed by atoms with Gasteiger partial charge in [-0.3, -0.25) is 9.20 Å². The molecule has 6 heteroatoms. The van der Waals surface area contributed by atoms with E-state index in [-0.39, 0.29) is 12.5 Å². The number of amides is 1. The highest BCUT2D eigenvalue weighted by molar-refractivity contribution is 7.15. The van der Waals surface area contributed by atoms with Crippen LogP contribution in [0.4, 0.5) is 0 Å². The van der Waals surface area contributed by atoms with E-state index in [0.29, 0.717) is 19.4 Å². The van der Waals surface area contributed by atoms with Crippen molar-refractivity contribution >= 4 is 22.2 Å². The maximum atomic E-state index is 12.0. The number of aliphatic hydroxyl groups excluding tert-OH is 1. The van der Waals surface area contributed by atoms with Crippen molar-refractivity contribution in [2.24, 2.45) is 0 Å². The van der Waals surface area contributed by atoms with Gasteiger partial charge in [0.05, 0.1) is 12.3 Å². The molecule has 0 atom stereocenters. The normalized spacial score (nSPS) is 11.1. The molecule has 2 N–H and O–H groups in total. The molecule has 0 aliphatic carbocycles. The van der Waals surface area contributed by atoms with Crippen LogP contribution < -0.4 is 5.32 Å². The van der Waals surface area contributed by atoms with E-state index < -0.39 is 0 Å². The minimum atomic E-state index is 0.0588. The molecule has 0 radical (unpaired) electrons. The van der Waals surface area contributed by atoms with Gasteiger partial charge in [0.25, 0.3) is 0 Å². The first-order valence-electron chi connectivity index (χ1n) is 8.03. The highest BCUT2D eigenvalue weighted by Gasteiger charge is 2.08. The smallest absolute Gasteiger partial charge is 0.220 e. The molecule has 24 heavy (non-hydrogen) atoms. The molecule has 0 fully saturated rings. The quantitative estimate of drug-likeness (QED) is 0.693. The van der Waals surface area contributed by atoms with Crippen LogP contribution in [0.1, 0.15) is 28.9 Å². The first-order valence-corrected chi connectivity index (χ1v) is 8.91. The van der Waals surface area contributed by atoms with E-state index in [0.717, 1.165) is 33.9 Å². The molecule has 1 aromatic carbocycles. The lowest BCUT2D eigenvalue weighted by Gasteiger charge is -2.06. The van der Waals surface area contributed by atoms with Crippen LogP contribution in [-0.2, 0) is 24.2 Å². The van der Waals surface area contributed by atoms with Crippen molar-refractivity contribution < 1.29 is 9.90 Å². The molecule has 2 heterocycles. The molecular weight excluding hydrogens is 322 g/mol. The summed E-state index contributed by atoms with van der Waals surface area (Å²) in [6.07, 6.45) is 4.00. The summed E-state index contributed by atoms with van der Waals surface area (Å²) in [5, 5.41) is 14.1. The predicted octanol–water partition coefficient (Wildman–Crippen LogP) is 2.49. The van der Waals surface area contributed by atoms with Crippen LogP contribution in [0.2, 0.25) is 0 Å². The summed E-state index contributed by atoms with van der Waals surface area (Å²) >= 11 is 1.61. The van der Waals surface area contributed by atoms with E-state index in [9.17, 15) is 4.79 Å². The second kappa shape index (κ2) is 7.59. The monoisotopic (exact) mass is 343 g/mol. The van der Waals surface area contributed by atoms with Crippen molar-refractivity contribution in [3.05, 3.63) is 58.4 Å². The fraction of sp³-hybridized carbons (Fsp3) is 0.333. The molecule has 0 unspecified atom stereocenters. The summed E-state index contributed by atoms with van der Waals surface area (Å²) in [5.74, 6) is 0.0677. The van der Waals surface area contributed by atoms with Crippen LogP contribution >= 0.6 is 11.3 Å². The number of aliphatic hydroxyl groups is 1. The summed E-state index contributed by atoms with van der Waals surface area (Å²) in [4.78, 5) is 17.4. The van der Waals surface area contributed by atoms with Gasteiger partial charge in [-0.25, -0.2) is 4.98 Å². The molecule has 0 saturated heterocycles. The number of imidazole rings is 1. The lowest BCUT2D eigenvalue weighted by Crippen LogP contribution is -2.26. The Morgan fingerprint density at radius 2 is 2.00 bits per heavy atom. The molecule has 0 saturated carbocycles. The number of hydrogen-bond acceptors (Lipinski definition) is 4. The van der Waals surface area contributed by atoms with Crippen molar-refractivity contribution in [2.75, 3.05) is 6.54 Å². The largest absolute Gasteiger partial charge is 0.392 e. The summed E-state index contributed by atoms with van der Waals surface area (Å²) in [5.41, 5.74) is 4.19. The molecule has 3 rings (SSSR count). The van der Waals surface area contributed by atoms with E-state index in [4.69, 9.17) is 5.11 Å². The number of aryl methyl sites for hydroxylation is 2. The van der Waals surface area contributed by atoms with Gasteiger partial charge in [0.1, 0.15) is 0 Å². The number of nitrogens with zero attached hydrogens (tertiary/aromatic N) is 2. The number of thiazole rings is 1. The number of hydrogen-bond donors (Lipinski definition) is 2. The van der Waals surface area contributed by atoms with Gasteiger partial charge in [-0.15, -0.1) is 11.3 Å². The lowest BCUT2D eigenvalue weighted by atomic mass is 10.1. The van der Waals surface area contributed by atoms with Crippen molar-refractivity contribution in [3.8, 4) is 0 Å². The SMILES string of the molecule is Cc1cn2c(CCC(=O)NCCc3ccc(CO)cc3)csc2n1. The molecule has 126 valence electrons. The van der Waals surface area contributed by atoms with Crippen molar-refractivity contribution in [2.45, 2.75) is 32.8 Å². The number of rotatable bonds is 7. The number of benzene rings is 1. The molecule has 1 amide bonds. The zero-order valence-corrected chi connectivity index (χ0v) is 14.5. The summed E-state index contributed by atoms with van der Waals surface area (Å²) in [7, 11) is 0. The van der Waals surface area contributed by atoms with Crippen LogP contribution in [0.3, 0.4) is 0 Å². The van der Waals surface area contributed by atoms with Gasteiger partial charge in [-0.05, 0) is 30.9 Å². The third-order valence-electron chi connectivity index (χ3n) is 3.95. The maximum Gasteiger partial charge on any atom is 0.220 e. The predicted molar refractivity (Wildman–Crippen MR) is 95.2 cm³/mol. The number of carbonyl (C=O) groups is 1. The summed E-state index contributed by atoms with van der Waals surface area (Å²) in [6.45, 7) is 2.66. The Kier molecular flexibility index (Phi) is 5.27. The topological polar surface area (TPSA) is 66.6 Å². The Morgan fingerprint density at radius 1 is 1.25 bits per heavy atom. The van der Waals surface area contributed by atoms with Gasteiger partial charge in [-0.2, -0.15) is 0 Å². The third kappa shape index (κ3) is 4.01. The zero-order chi connectivity index (χ0) is 16.9. The van der Waals surface area contributed by atoms with Gasteiger partial charge in [-0.1, -0.05) is 24.3 Å². The molecular formula is C18H21N3O2S. The lowest BCUT2D eigenvalue weighted by molar-refractivity contribution is -0.121. The van der Waals surface area contributed by atoms with E-state index >= 15 is 0 Å². The molecule has 0 spiro atoms. The first kappa shape index (κ1) is 16.7. The maximum absolute atomic E-state index is 12.0. The minimum Gasteiger partial charge on any atom is -0.392 e. The standard InChI is InChI=1S/C18H21N3O2S/c1-13-10-21-16(12-24-18(21)20-13)6-7-17(23)19-9-8-14-2-4-15(11-22)5-3-14/h2-5,10,12,22H,6-9,11H2,1H3,(H,19,23). The van der Waals surface area contributed by atoms with Gasteiger partial charge < -0.3 is 10.4 Å². The molecule has 0 bridgehead atoms. The van der Waals surface area contributed by atoms with E-state index in [1.54, 1.807) is 11.3 Å². The van der Waals surface area contributed by atoms with Gasteiger partial charge in [0, 0.05) is 30.2 Å². The summed E-state index contributed by atoms with van der Waals surface area (Å²) in [6, 6.07) is 7.79. The molecule has 5 nitrogen and oxygen atoms in total. The fourth-order valence-corrected chi connectivity index (χ4v) is 3.56. The fourth-order valence-electron chi connectivity index (χ4n) is 2.61. The number of fused-ring (bicyclic) bond motifs is 1. The third-order valence-corrected chi connectivity index (χ3v) is 4.84. The molecule has 0 aliphatic rings. The number of nitrogens with one attached hydrogen (secondary N) is 1. The number of aromatic nitrogens is 2. The Hall–Kier alpha value is -2.18. The average Bonchev–Trinajstić information content (AvgIpc) is 3.13. The highest BCUT2D eigenvalue weighted by Crippen LogP contribution is 2.17. The molecule has 2 aromatic heterocycles. The average molecular weight is 343 g/mol. The van der Waals surface area contributed by atoms with Crippen molar-refractivity contribution in [1.29, 1.82) is 0 Å². The Labute approximate surface area is 145 Å². The van der Waals surface area contributed by atoms with Crippen LogP contribution in [0, 0.1) is 6.92 Å². The molecule has 3 aromatic rings. The van der Waals surface area contributed by atoms with E-state index in [1.807, 2.05) is 37.4 Å². The minimum absolute atomic E-state index is 0.0588. The Balaban J connectivity index is 1.43. The van der Waals surface area contributed by atoms with Gasteiger partial charge >= 0.3 is 0 Å². The van der Waals surface area contributed by atoms with E-state index in [1.165, 1.54) is 0 Å². The summed E-state index contributed by atoms with van der Waals surface area (Å²) < 4.78 is 2.07. The number of carbonyl (C=O) groups excluding carboxylic acids is 1. The van der Waals surface area contributed by atoms with Gasteiger partial charge in [0.15, 0.2) is 4.96 Å².